The van der Waals surface area contributed by atoms with Gasteiger partial charge in [0, 0.05) is 0 Å². The highest BCUT2D eigenvalue weighted by molar-refractivity contribution is 6.13. The van der Waals surface area contributed by atoms with Gasteiger partial charge < -0.3 is 14.2 Å². The molecular weight excluding hydrogens is 224 g/mol. The van der Waals surface area contributed by atoms with Crippen LogP contribution in [0.15, 0.2) is 11.8 Å². The van der Waals surface area contributed by atoms with Crippen LogP contribution in [0.3, 0.4) is 0 Å². The summed E-state index contributed by atoms with van der Waals surface area (Å²) in [6, 6.07) is 0. The van der Waals surface area contributed by atoms with E-state index in [1.807, 2.05) is 0 Å². The average Bonchev–Trinajstić information content (AvgIpc) is 2.15. The normalized spacial score (nSPS) is 10.1. The maximum Gasteiger partial charge on any atom is 0.349 e. The molecule has 0 aliphatic carbocycles. The van der Waals surface area contributed by atoms with Crippen LogP contribution in [-0.2, 0) is 23.8 Å². The van der Waals surface area contributed by atoms with Crippen molar-refractivity contribution in [3.8, 4) is 0 Å². The second-order valence-electron chi connectivity index (χ2n) is 3.89. The Hall–Kier alpha value is -1.52. The summed E-state index contributed by atoms with van der Waals surface area (Å²) in [6.07, 6.45) is 0.467. The van der Waals surface area contributed by atoms with Gasteiger partial charge in [0.25, 0.3) is 0 Å². The van der Waals surface area contributed by atoms with Gasteiger partial charge in [-0.25, -0.2) is 9.59 Å². The number of hydrogen-bond acceptors (Lipinski definition) is 5. The van der Waals surface area contributed by atoms with Crippen LogP contribution >= 0.6 is 0 Å². The highest BCUT2D eigenvalue weighted by atomic mass is 16.6. The molecule has 98 valence electrons. The van der Waals surface area contributed by atoms with Gasteiger partial charge >= 0.3 is 11.9 Å². The van der Waals surface area contributed by atoms with Crippen LogP contribution in [0.4, 0.5) is 0 Å². The van der Waals surface area contributed by atoms with Gasteiger partial charge in [0.2, 0.25) is 0 Å². The second-order valence-corrected chi connectivity index (χ2v) is 3.89. The molecule has 0 N–H and O–H groups in total. The molecule has 17 heavy (non-hydrogen) atoms. The molecule has 0 atom stereocenters. The lowest BCUT2D eigenvalue weighted by atomic mass is 10.3. The van der Waals surface area contributed by atoms with E-state index < -0.39 is 11.9 Å². The third-order valence-electron chi connectivity index (χ3n) is 1.49. The molecule has 0 aromatic rings. The molecule has 0 aliphatic heterocycles. The zero-order chi connectivity index (χ0) is 13.4. The van der Waals surface area contributed by atoms with E-state index >= 15 is 0 Å². The quantitative estimate of drug-likeness (QED) is 0.234. The molecular formula is C12H20O5. The Balaban J connectivity index is 4.75. The number of ether oxygens (including phenoxy) is 3. The first kappa shape index (κ1) is 15.5. The van der Waals surface area contributed by atoms with E-state index in [4.69, 9.17) is 14.2 Å². The van der Waals surface area contributed by atoms with E-state index in [-0.39, 0.29) is 17.8 Å². The fraction of sp³-hybridized carbons (Fsp3) is 0.667. The topological polar surface area (TPSA) is 61.8 Å². The maximum absolute atomic E-state index is 11.6. The minimum Gasteiger partial charge on any atom is -0.500 e. The molecule has 0 aromatic carbocycles. The van der Waals surface area contributed by atoms with Gasteiger partial charge in [-0.1, -0.05) is 0 Å². The molecule has 0 saturated carbocycles. The first-order chi connectivity index (χ1) is 7.88. The van der Waals surface area contributed by atoms with Crippen molar-refractivity contribution < 1.29 is 23.8 Å². The monoisotopic (exact) mass is 244 g/mol. The smallest absolute Gasteiger partial charge is 0.349 e. The summed E-state index contributed by atoms with van der Waals surface area (Å²) in [5.74, 6) is -1.47. The van der Waals surface area contributed by atoms with Crippen LogP contribution in [0.2, 0.25) is 0 Å². The molecule has 0 aliphatic rings. The van der Waals surface area contributed by atoms with E-state index in [1.54, 1.807) is 34.6 Å². The molecule has 0 spiro atoms. The molecule has 5 heteroatoms. The van der Waals surface area contributed by atoms with E-state index in [1.165, 1.54) is 0 Å². The first-order valence-electron chi connectivity index (χ1n) is 5.62. The zero-order valence-electron chi connectivity index (χ0n) is 11.0. The van der Waals surface area contributed by atoms with Gasteiger partial charge in [0.05, 0.1) is 18.8 Å². The van der Waals surface area contributed by atoms with Gasteiger partial charge in [0.15, 0.2) is 5.57 Å². The van der Waals surface area contributed by atoms with Crippen molar-refractivity contribution in [2.24, 2.45) is 0 Å². The number of esters is 2. The van der Waals surface area contributed by atoms with Gasteiger partial charge in [-0.05, 0) is 34.6 Å². The highest BCUT2D eigenvalue weighted by Crippen LogP contribution is 2.06. The third-order valence-corrected chi connectivity index (χ3v) is 1.49. The van der Waals surface area contributed by atoms with Crippen LogP contribution in [0, 0.1) is 0 Å². The maximum atomic E-state index is 11.6. The lowest BCUT2D eigenvalue weighted by Crippen LogP contribution is -2.23. The summed E-state index contributed by atoms with van der Waals surface area (Å²) in [7, 11) is 0. The highest BCUT2D eigenvalue weighted by Gasteiger charge is 2.24. The number of carbonyl (C=O) groups is 2. The van der Waals surface area contributed by atoms with Gasteiger partial charge in [0.1, 0.15) is 6.26 Å². The summed E-state index contributed by atoms with van der Waals surface area (Å²) in [5, 5.41) is 0. The van der Waals surface area contributed by atoms with E-state index in [0.717, 1.165) is 6.26 Å². The Morgan fingerprint density at radius 3 is 1.71 bits per heavy atom. The summed E-state index contributed by atoms with van der Waals surface area (Å²) in [4.78, 5) is 23.2. The number of hydrogen-bond donors (Lipinski definition) is 0. The van der Waals surface area contributed by atoms with Gasteiger partial charge in [-0.3, -0.25) is 0 Å². The molecule has 0 rings (SSSR count). The summed E-state index contributed by atoms with van der Waals surface area (Å²) >= 11 is 0. The van der Waals surface area contributed by atoms with Crippen molar-refractivity contribution in [1.29, 1.82) is 0 Å². The second kappa shape index (κ2) is 7.70. The molecule has 5 nitrogen and oxygen atoms in total. The van der Waals surface area contributed by atoms with Crippen LogP contribution < -0.4 is 0 Å². The van der Waals surface area contributed by atoms with Crippen molar-refractivity contribution in [2.75, 3.05) is 6.61 Å². The largest absolute Gasteiger partial charge is 0.500 e. The van der Waals surface area contributed by atoms with Crippen LogP contribution in [0.1, 0.15) is 34.6 Å². The molecule has 0 unspecified atom stereocenters. The molecule has 0 heterocycles. The fourth-order valence-electron chi connectivity index (χ4n) is 0.901. The minimum absolute atomic E-state index is 0.228. The summed E-state index contributed by atoms with van der Waals surface area (Å²) in [5.41, 5.74) is -0.228. The average molecular weight is 244 g/mol. The zero-order valence-corrected chi connectivity index (χ0v) is 11.0. The molecule has 0 amide bonds. The minimum atomic E-state index is -0.737. The van der Waals surface area contributed by atoms with Crippen molar-refractivity contribution in [1.82, 2.24) is 0 Å². The number of rotatable bonds is 6. The lowest BCUT2D eigenvalue weighted by molar-refractivity contribution is -0.151. The molecule has 0 fully saturated rings. The van der Waals surface area contributed by atoms with E-state index in [2.05, 4.69) is 0 Å². The van der Waals surface area contributed by atoms with Crippen LogP contribution in [0.25, 0.3) is 0 Å². The van der Waals surface area contributed by atoms with Gasteiger partial charge in [-0.2, -0.15) is 0 Å². The van der Waals surface area contributed by atoms with E-state index in [9.17, 15) is 9.59 Å². The lowest BCUT2D eigenvalue weighted by Gasteiger charge is -2.12. The summed E-state index contributed by atoms with van der Waals surface area (Å²) < 4.78 is 14.8. The van der Waals surface area contributed by atoms with Crippen molar-refractivity contribution >= 4 is 11.9 Å². The Morgan fingerprint density at radius 2 is 1.41 bits per heavy atom. The van der Waals surface area contributed by atoms with Gasteiger partial charge in [-0.15, -0.1) is 0 Å². The van der Waals surface area contributed by atoms with Crippen molar-refractivity contribution in [3.05, 3.63) is 11.8 Å². The Labute approximate surface area is 102 Å². The SMILES string of the molecule is CCOC=C(C(=O)OC(C)C)C(=O)OC(C)C. The molecule has 0 radical (unpaired) electrons. The van der Waals surface area contributed by atoms with E-state index in [0.29, 0.717) is 6.61 Å². The Bertz CT molecular complexity index is 267. The number of carbonyl (C=O) groups excluding carboxylic acids is 2. The Morgan fingerprint density at radius 1 is 1.00 bits per heavy atom. The van der Waals surface area contributed by atoms with Crippen LogP contribution in [-0.4, -0.2) is 30.8 Å². The molecule has 0 saturated heterocycles. The predicted octanol–water partition coefficient (Wildman–Crippen LogP) is 1.81. The van der Waals surface area contributed by atoms with Crippen molar-refractivity contribution in [3.63, 3.8) is 0 Å². The molecule has 0 bridgehead atoms. The molecule has 0 aromatic heterocycles. The fourth-order valence-corrected chi connectivity index (χ4v) is 0.901. The standard InChI is InChI=1S/C12H20O5/c1-6-15-7-10(11(13)16-8(2)3)12(14)17-9(4)5/h7-9H,6H2,1-5H3. The van der Waals surface area contributed by atoms with Crippen LogP contribution in [0.5, 0.6) is 0 Å². The predicted molar refractivity (Wildman–Crippen MR) is 62.2 cm³/mol. The first-order valence-corrected chi connectivity index (χ1v) is 5.62. The third kappa shape index (κ3) is 6.60. The Kier molecular flexibility index (Phi) is 7.02. The summed E-state index contributed by atoms with van der Waals surface area (Å²) in [6.45, 7) is 8.89. The van der Waals surface area contributed by atoms with Crippen molar-refractivity contribution in [2.45, 2.75) is 46.8 Å².